The molecule has 2 rings (SSSR count). The summed E-state index contributed by atoms with van der Waals surface area (Å²) in [5.41, 5.74) is 5.30. The smallest absolute Gasteiger partial charge is 0.281 e. The van der Waals surface area contributed by atoms with Crippen LogP contribution in [0.15, 0.2) is 0 Å². The highest BCUT2D eigenvalue weighted by Crippen LogP contribution is 2.22. The Hall–Kier alpha value is -0.660. The molecule has 0 radical (unpaired) electrons. The molecule has 2 heterocycles. The lowest BCUT2D eigenvalue weighted by Gasteiger charge is -2.34. The van der Waals surface area contributed by atoms with Gasteiger partial charge in [0, 0.05) is 26.2 Å². The van der Waals surface area contributed by atoms with E-state index < -0.39 is 16.1 Å². The van der Waals surface area contributed by atoms with Crippen LogP contribution in [0.4, 0.5) is 0 Å². The molecule has 0 spiro atoms. The van der Waals surface area contributed by atoms with Crippen LogP contribution in [0.2, 0.25) is 0 Å². The predicted molar refractivity (Wildman–Crippen MR) is 72.5 cm³/mol. The van der Waals surface area contributed by atoms with E-state index in [0.717, 1.165) is 25.7 Å². The minimum atomic E-state index is -3.42. The van der Waals surface area contributed by atoms with Crippen molar-refractivity contribution in [3.8, 4) is 0 Å². The van der Waals surface area contributed by atoms with Crippen LogP contribution in [0.3, 0.4) is 0 Å². The van der Waals surface area contributed by atoms with E-state index in [9.17, 15) is 13.2 Å². The van der Waals surface area contributed by atoms with Gasteiger partial charge in [0.2, 0.25) is 5.91 Å². The number of carbonyl (C=O) groups is 1. The highest BCUT2D eigenvalue weighted by molar-refractivity contribution is 7.86. The summed E-state index contributed by atoms with van der Waals surface area (Å²) < 4.78 is 28.1. The van der Waals surface area contributed by atoms with Gasteiger partial charge in [-0.1, -0.05) is 12.8 Å². The number of nitrogens with two attached hydrogens (primary N) is 1. The quantitative estimate of drug-likeness (QED) is 0.811. The van der Waals surface area contributed by atoms with Gasteiger partial charge >= 0.3 is 0 Å². The summed E-state index contributed by atoms with van der Waals surface area (Å²) in [6.07, 6.45) is 5.44. The molecule has 19 heavy (non-hydrogen) atoms. The lowest BCUT2D eigenvalue weighted by atomic mass is 9.99. The first-order valence-corrected chi connectivity index (χ1v) is 8.46. The molecule has 0 bridgehead atoms. The molecule has 0 unspecified atom stereocenters. The fourth-order valence-corrected chi connectivity index (χ4v) is 4.59. The Balaban J connectivity index is 2.07. The summed E-state index contributed by atoms with van der Waals surface area (Å²) in [4.78, 5) is 11.2. The molecule has 1 atom stereocenters. The van der Waals surface area contributed by atoms with Gasteiger partial charge in [0.25, 0.3) is 10.2 Å². The molecule has 2 aliphatic heterocycles. The fourth-order valence-electron chi connectivity index (χ4n) is 2.82. The monoisotopic (exact) mass is 289 g/mol. The number of hydrogen-bond donors (Lipinski definition) is 1. The lowest BCUT2D eigenvalue weighted by Crippen LogP contribution is -2.50. The number of hydrogen-bond acceptors (Lipinski definition) is 3. The van der Waals surface area contributed by atoms with Gasteiger partial charge < -0.3 is 5.73 Å². The number of rotatable bonds is 3. The summed E-state index contributed by atoms with van der Waals surface area (Å²) in [7, 11) is -3.42. The van der Waals surface area contributed by atoms with Crippen molar-refractivity contribution in [1.29, 1.82) is 0 Å². The zero-order valence-electron chi connectivity index (χ0n) is 11.3. The van der Waals surface area contributed by atoms with E-state index in [2.05, 4.69) is 0 Å². The Morgan fingerprint density at radius 1 is 0.947 bits per heavy atom. The van der Waals surface area contributed by atoms with Crippen molar-refractivity contribution in [3.63, 3.8) is 0 Å². The van der Waals surface area contributed by atoms with Gasteiger partial charge in [-0.3, -0.25) is 4.79 Å². The zero-order chi connectivity index (χ0) is 13.9. The maximum atomic E-state index is 12.6. The Morgan fingerprint density at radius 3 is 2.11 bits per heavy atom. The largest absolute Gasteiger partial charge is 0.369 e. The highest BCUT2D eigenvalue weighted by atomic mass is 32.2. The Kier molecular flexibility index (Phi) is 4.81. The van der Waals surface area contributed by atoms with Gasteiger partial charge in [0.1, 0.15) is 0 Å². The zero-order valence-corrected chi connectivity index (χ0v) is 12.1. The molecule has 1 amide bonds. The number of nitrogens with zero attached hydrogens (tertiary/aromatic N) is 2. The van der Waals surface area contributed by atoms with E-state index in [-0.39, 0.29) is 12.5 Å². The van der Waals surface area contributed by atoms with Gasteiger partial charge in [-0.05, 0) is 25.7 Å². The molecule has 2 fully saturated rings. The van der Waals surface area contributed by atoms with Crippen LogP contribution in [-0.2, 0) is 15.0 Å². The molecule has 7 heteroatoms. The number of piperidine rings is 1. The molecule has 0 saturated carbocycles. The molecule has 0 aromatic heterocycles. The summed E-state index contributed by atoms with van der Waals surface area (Å²) in [6, 6.07) is 0. The minimum Gasteiger partial charge on any atom is -0.369 e. The molecule has 2 aliphatic rings. The first-order valence-electron chi connectivity index (χ1n) is 7.06. The van der Waals surface area contributed by atoms with Crippen LogP contribution in [0.25, 0.3) is 0 Å². The predicted octanol–water partition coefficient (Wildman–Crippen LogP) is 0.305. The first kappa shape index (κ1) is 14.7. The van der Waals surface area contributed by atoms with Gasteiger partial charge in [-0.2, -0.15) is 17.0 Å². The number of amides is 1. The van der Waals surface area contributed by atoms with E-state index in [1.807, 2.05) is 0 Å². The van der Waals surface area contributed by atoms with Crippen molar-refractivity contribution >= 4 is 16.1 Å². The van der Waals surface area contributed by atoms with E-state index in [1.54, 1.807) is 4.31 Å². The molecule has 6 nitrogen and oxygen atoms in total. The van der Waals surface area contributed by atoms with Crippen LogP contribution in [0.1, 0.15) is 38.5 Å². The van der Waals surface area contributed by atoms with Crippen LogP contribution >= 0.6 is 0 Å². The summed E-state index contributed by atoms with van der Waals surface area (Å²) in [5, 5.41) is 0. The third-order valence-electron chi connectivity index (χ3n) is 4.00. The van der Waals surface area contributed by atoms with Crippen molar-refractivity contribution < 1.29 is 13.2 Å². The number of carbonyl (C=O) groups excluding carboxylic acids is 1. The second kappa shape index (κ2) is 6.19. The van der Waals surface area contributed by atoms with Crippen molar-refractivity contribution in [3.05, 3.63) is 0 Å². The van der Waals surface area contributed by atoms with E-state index in [0.29, 0.717) is 32.5 Å². The Bertz CT molecular complexity index is 416. The average molecular weight is 289 g/mol. The summed E-state index contributed by atoms with van der Waals surface area (Å²) in [6.45, 7) is 1.94. The van der Waals surface area contributed by atoms with Crippen LogP contribution in [0, 0.1) is 5.92 Å². The van der Waals surface area contributed by atoms with Crippen molar-refractivity contribution in [1.82, 2.24) is 8.61 Å². The van der Waals surface area contributed by atoms with Crippen molar-refractivity contribution in [2.45, 2.75) is 38.5 Å². The van der Waals surface area contributed by atoms with Gasteiger partial charge in [-0.15, -0.1) is 0 Å². The lowest BCUT2D eigenvalue weighted by molar-refractivity contribution is -0.122. The second-order valence-electron chi connectivity index (χ2n) is 5.42. The van der Waals surface area contributed by atoms with Crippen molar-refractivity contribution in [2.24, 2.45) is 11.7 Å². The SMILES string of the molecule is NC(=O)[C@@H]1CCCN(S(=O)(=O)N2CCCCCC2)C1. The van der Waals surface area contributed by atoms with E-state index in [1.165, 1.54) is 4.31 Å². The Morgan fingerprint density at radius 2 is 1.53 bits per heavy atom. The third kappa shape index (κ3) is 3.46. The Labute approximate surface area is 115 Å². The molecule has 110 valence electrons. The van der Waals surface area contributed by atoms with Gasteiger partial charge in [0.05, 0.1) is 5.92 Å². The first-order chi connectivity index (χ1) is 9.01. The fraction of sp³-hybridized carbons (Fsp3) is 0.917. The second-order valence-corrected chi connectivity index (χ2v) is 7.35. The van der Waals surface area contributed by atoms with Crippen LogP contribution < -0.4 is 5.73 Å². The normalized spacial score (nSPS) is 27.9. The molecular formula is C12H23N3O3S. The molecular weight excluding hydrogens is 266 g/mol. The summed E-state index contributed by atoms with van der Waals surface area (Å²) >= 11 is 0. The molecule has 2 saturated heterocycles. The topological polar surface area (TPSA) is 83.7 Å². The van der Waals surface area contributed by atoms with E-state index >= 15 is 0 Å². The third-order valence-corrected chi connectivity index (χ3v) is 6.01. The van der Waals surface area contributed by atoms with E-state index in [4.69, 9.17) is 5.73 Å². The van der Waals surface area contributed by atoms with Crippen LogP contribution in [-0.4, -0.2) is 49.1 Å². The minimum absolute atomic E-state index is 0.244. The van der Waals surface area contributed by atoms with Gasteiger partial charge in [-0.25, -0.2) is 0 Å². The standard InChI is InChI=1S/C12H23N3O3S/c13-12(16)11-6-5-9-15(10-11)19(17,18)14-7-3-1-2-4-8-14/h11H,1-10H2,(H2,13,16)/t11-/m1/s1. The molecule has 2 N–H and O–H groups in total. The number of primary amides is 1. The van der Waals surface area contributed by atoms with Crippen LogP contribution in [0.5, 0.6) is 0 Å². The maximum absolute atomic E-state index is 12.6. The van der Waals surface area contributed by atoms with Gasteiger partial charge in [0.15, 0.2) is 0 Å². The molecule has 0 aliphatic carbocycles. The molecule has 0 aromatic carbocycles. The summed E-state index contributed by atoms with van der Waals surface area (Å²) in [5.74, 6) is -0.730. The highest BCUT2D eigenvalue weighted by Gasteiger charge is 2.35. The average Bonchev–Trinajstić information content (AvgIpc) is 2.68. The molecule has 0 aromatic rings. The maximum Gasteiger partial charge on any atom is 0.281 e. The van der Waals surface area contributed by atoms with Crippen molar-refractivity contribution in [2.75, 3.05) is 26.2 Å².